The van der Waals surface area contributed by atoms with E-state index in [9.17, 15) is 10.1 Å². The lowest BCUT2D eigenvalue weighted by Crippen LogP contribution is -2.22. The van der Waals surface area contributed by atoms with Crippen molar-refractivity contribution in [1.82, 2.24) is 4.98 Å². The van der Waals surface area contributed by atoms with Gasteiger partial charge < -0.3 is 21.6 Å². The van der Waals surface area contributed by atoms with Gasteiger partial charge in [0.15, 0.2) is 11.6 Å². The van der Waals surface area contributed by atoms with E-state index < -0.39 is 4.92 Å². The van der Waals surface area contributed by atoms with Gasteiger partial charge in [0.05, 0.1) is 0 Å². The number of pyridine rings is 1. The van der Waals surface area contributed by atoms with Crippen molar-refractivity contribution in [3.05, 3.63) is 28.4 Å². The molecule has 0 bridgehead atoms. The molecule has 0 spiro atoms. The highest BCUT2D eigenvalue weighted by molar-refractivity contribution is 5.80. The second kappa shape index (κ2) is 3.48. The molecule has 7 nitrogen and oxygen atoms in total. The van der Waals surface area contributed by atoms with Crippen LogP contribution >= 0.6 is 0 Å². The molecule has 0 saturated heterocycles. The van der Waals surface area contributed by atoms with Gasteiger partial charge >= 0.3 is 5.82 Å². The number of aliphatic imine (C=N–C) groups is 1. The maximum atomic E-state index is 10.4. The standard InChI is InChI=1S/C6H7N5O2/c7-6(8)10-4-2-1-3-9-5(4)11(12)13/h1-3H,(H4,7,8,10). The Morgan fingerprint density at radius 1 is 1.62 bits per heavy atom. The third-order valence-electron chi connectivity index (χ3n) is 1.19. The quantitative estimate of drug-likeness (QED) is 0.285. The predicted molar refractivity (Wildman–Crippen MR) is 46.4 cm³/mol. The highest BCUT2D eigenvalue weighted by Gasteiger charge is 2.12. The second-order valence-electron chi connectivity index (χ2n) is 2.14. The molecule has 0 aliphatic rings. The largest absolute Gasteiger partial charge is 0.389 e. The Bertz CT molecular complexity index is 358. The van der Waals surface area contributed by atoms with Gasteiger partial charge in [-0.3, -0.25) is 0 Å². The molecule has 0 radical (unpaired) electrons. The Kier molecular flexibility index (Phi) is 2.38. The lowest BCUT2D eigenvalue weighted by molar-refractivity contribution is -0.388. The molecule has 0 aromatic carbocycles. The van der Waals surface area contributed by atoms with E-state index in [1.807, 2.05) is 0 Å². The van der Waals surface area contributed by atoms with Gasteiger partial charge in [-0.25, -0.2) is 4.99 Å². The van der Waals surface area contributed by atoms with Crippen molar-refractivity contribution in [1.29, 1.82) is 0 Å². The topological polar surface area (TPSA) is 120 Å². The van der Waals surface area contributed by atoms with Crippen LogP contribution in [0.4, 0.5) is 11.5 Å². The number of aromatic nitrogens is 1. The van der Waals surface area contributed by atoms with Gasteiger partial charge in [-0.15, -0.1) is 0 Å². The van der Waals surface area contributed by atoms with Crippen molar-refractivity contribution >= 4 is 17.5 Å². The molecule has 7 heteroatoms. The van der Waals surface area contributed by atoms with Gasteiger partial charge in [0, 0.05) is 0 Å². The number of guanidine groups is 1. The molecule has 4 N–H and O–H groups in total. The van der Waals surface area contributed by atoms with Crippen LogP contribution in [0.2, 0.25) is 0 Å². The predicted octanol–water partition coefficient (Wildman–Crippen LogP) is -0.105. The third kappa shape index (κ3) is 2.12. The van der Waals surface area contributed by atoms with E-state index in [0.29, 0.717) is 0 Å². The van der Waals surface area contributed by atoms with E-state index in [2.05, 4.69) is 9.98 Å². The van der Waals surface area contributed by atoms with Crippen LogP contribution in [0, 0.1) is 10.1 Å². The van der Waals surface area contributed by atoms with Gasteiger partial charge in [0.25, 0.3) is 0 Å². The van der Waals surface area contributed by atoms with Crippen LogP contribution in [0.25, 0.3) is 0 Å². The number of hydrogen-bond donors (Lipinski definition) is 2. The summed E-state index contributed by atoms with van der Waals surface area (Å²) in [5.41, 5.74) is 10.2. The SMILES string of the molecule is NC(N)=Nc1cccnc1[N+](=O)[O-]. The fourth-order valence-corrected chi connectivity index (χ4v) is 0.756. The molecule has 1 rings (SSSR count). The molecule has 0 aliphatic heterocycles. The monoisotopic (exact) mass is 181 g/mol. The first-order valence-electron chi connectivity index (χ1n) is 3.30. The minimum Gasteiger partial charge on any atom is -0.370 e. The minimum atomic E-state index is -0.651. The molecule has 0 unspecified atom stereocenters. The molecule has 1 aromatic heterocycles. The van der Waals surface area contributed by atoms with Crippen molar-refractivity contribution in [3.8, 4) is 0 Å². The van der Waals surface area contributed by atoms with Crippen LogP contribution in [0.3, 0.4) is 0 Å². The molecule has 0 fully saturated rings. The van der Waals surface area contributed by atoms with Crippen molar-refractivity contribution in [2.24, 2.45) is 16.5 Å². The van der Waals surface area contributed by atoms with Gasteiger partial charge in [-0.05, 0) is 22.0 Å². The number of nitrogens with zero attached hydrogens (tertiary/aromatic N) is 3. The zero-order valence-electron chi connectivity index (χ0n) is 6.54. The fraction of sp³-hybridized carbons (Fsp3) is 0. The first-order valence-corrected chi connectivity index (χ1v) is 3.30. The molecule has 1 aromatic rings. The molecule has 1 heterocycles. The normalized spacial score (nSPS) is 9.23. The van der Waals surface area contributed by atoms with Crippen molar-refractivity contribution in [2.75, 3.05) is 0 Å². The summed E-state index contributed by atoms with van der Waals surface area (Å²) in [5.74, 6) is -0.605. The van der Waals surface area contributed by atoms with Crippen LogP contribution in [-0.4, -0.2) is 15.9 Å². The molecule has 0 atom stereocenters. The van der Waals surface area contributed by atoms with E-state index in [0.717, 1.165) is 0 Å². The second-order valence-corrected chi connectivity index (χ2v) is 2.14. The third-order valence-corrected chi connectivity index (χ3v) is 1.19. The van der Waals surface area contributed by atoms with Gasteiger partial charge in [0.1, 0.15) is 6.20 Å². The average molecular weight is 181 g/mol. The Morgan fingerprint density at radius 2 is 2.31 bits per heavy atom. The van der Waals surface area contributed by atoms with Crippen LogP contribution in [0.1, 0.15) is 0 Å². The Morgan fingerprint density at radius 3 is 2.85 bits per heavy atom. The lowest BCUT2D eigenvalue weighted by atomic mass is 10.4. The summed E-state index contributed by atoms with van der Waals surface area (Å²) in [7, 11) is 0. The van der Waals surface area contributed by atoms with E-state index in [4.69, 9.17) is 11.5 Å². The number of rotatable bonds is 2. The molecular weight excluding hydrogens is 174 g/mol. The van der Waals surface area contributed by atoms with E-state index >= 15 is 0 Å². The van der Waals surface area contributed by atoms with Crippen LogP contribution in [-0.2, 0) is 0 Å². The van der Waals surface area contributed by atoms with E-state index in [1.54, 1.807) is 0 Å². The molecular formula is C6H7N5O2. The molecule has 68 valence electrons. The number of nitrogens with two attached hydrogens (primary N) is 2. The summed E-state index contributed by atoms with van der Waals surface area (Å²) in [5, 5.41) is 10.4. The van der Waals surface area contributed by atoms with E-state index in [-0.39, 0.29) is 17.5 Å². The van der Waals surface area contributed by atoms with Crippen LogP contribution in [0.5, 0.6) is 0 Å². The average Bonchev–Trinajstić information content (AvgIpc) is 2.03. The Hall–Kier alpha value is -2.18. The maximum Gasteiger partial charge on any atom is 0.389 e. The van der Waals surface area contributed by atoms with Gasteiger partial charge in [-0.2, -0.15) is 0 Å². The van der Waals surface area contributed by atoms with Gasteiger partial charge in [0.2, 0.25) is 0 Å². The zero-order chi connectivity index (χ0) is 9.84. The summed E-state index contributed by atoms with van der Waals surface area (Å²) in [6.07, 6.45) is 1.30. The van der Waals surface area contributed by atoms with E-state index in [1.165, 1.54) is 18.3 Å². The Balaban J connectivity index is 3.20. The molecule has 0 amide bonds. The number of nitro groups is 1. The zero-order valence-corrected chi connectivity index (χ0v) is 6.54. The maximum absolute atomic E-state index is 10.4. The highest BCUT2D eigenvalue weighted by Crippen LogP contribution is 2.22. The summed E-state index contributed by atoms with van der Waals surface area (Å²) < 4.78 is 0. The first kappa shape index (κ1) is 8.91. The molecule has 13 heavy (non-hydrogen) atoms. The van der Waals surface area contributed by atoms with Crippen molar-refractivity contribution in [2.45, 2.75) is 0 Å². The summed E-state index contributed by atoms with van der Waals surface area (Å²) >= 11 is 0. The van der Waals surface area contributed by atoms with Crippen molar-refractivity contribution in [3.63, 3.8) is 0 Å². The summed E-state index contributed by atoms with van der Waals surface area (Å²) in [4.78, 5) is 16.8. The van der Waals surface area contributed by atoms with Gasteiger partial charge in [-0.1, -0.05) is 0 Å². The highest BCUT2D eigenvalue weighted by atomic mass is 16.6. The molecule has 0 saturated carbocycles. The van der Waals surface area contributed by atoms with Crippen LogP contribution in [0.15, 0.2) is 23.3 Å². The summed E-state index contributed by atoms with van der Waals surface area (Å²) in [6, 6.07) is 2.92. The minimum absolute atomic E-state index is 0.0486. The Labute approximate surface area is 73.2 Å². The smallest absolute Gasteiger partial charge is 0.370 e. The van der Waals surface area contributed by atoms with Crippen LogP contribution < -0.4 is 11.5 Å². The van der Waals surface area contributed by atoms with Crippen molar-refractivity contribution < 1.29 is 4.92 Å². The molecule has 0 aliphatic carbocycles. The first-order chi connectivity index (χ1) is 6.11. The fourth-order valence-electron chi connectivity index (χ4n) is 0.756. The number of hydrogen-bond acceptors (Lipinski definition) is 4. The lowest BCUT2D eigenvalue weighted by Gasteiger charge is -1.95. The summed E-state index contributed by atoms with van der Waals surface area (Å²) in [6.45, 7) is 0.